The van der Waals surface area contributed by atoms with Crippen LogP contribution in [0.4, 0.5) is 14.5 Å². The fraction of sp³-hybridized carbons (Fsp3) is 0.682. The second-order valence-electron chi connectivity index (χ2n) is 7.84. The summed E-state index contributed by atoms with van der Waals surface area (Å²) in [6.07, 6.45) is 2.84. The standard InChI is InChI=1S/C22H34F2N4O3.HI/c1-2-25-22(26-10-5-12-29-15-17-9-13-30-16-17)27-18-8-11-28(14-18)19-6-3-4-7-20(19)31-21(23)24;/h3-4,6-7,17-18,21H,2,5,8-16H2,1H3,(H2,25,26,27);1H. The van der Waals surface area contributed by atoms with Crippen LogP contribution < -0.4 is 20.3 Å². The number of guanidine groups is 1. The minimum atomic E-state index is -2.83. The molecule has 0 aliphatic carbocycles. The number of hydrogen-bond donors (Lipinski definition) is 2. The van der Waals surface area contributed by atoms with Crippen molar-refractivity contribution >= 4 is 35.6 Å². The van der Waals surface area contributed by atoms with E-state index in [1.165, 1.54) is 0 Å². The van der Waals surface area contributed by atoms with E-state index in [2.05, 4.69) is 25.3 Å². The summed E-state index contributed by atoms with van der Waals surface area (Å²) in [6, 6.07) is 7.11. The molecule has 2 unspecified atom stereocenters. The molecule has 0 saturated carbocycles. The summed E-state index contributed by atoms with van der Waals surface area (Å²) in [4.78, 5) is 6.72. The van der Waals surface area contributed by atoms with E-state index in [4.69, 9.17) is 9.47 Å². The van der Waals surface area contributed by atoms with Gasteiger partial charge in [-0.1, -0.05) is 12.1 Å². The van der Waals surface area contributed by atoms with Gasteiger partial charge in [-0.3, -0.25) is 4.99 Å². The molecule has 2 saturated heterocycles. The molecule has 0 spiro atoms. The van der Waals surface area contributed by atoms with Crippen LogP contribution in [0.5, 0.6) is 5.75 Å². The van der Waals surface area contributed by atoms with Crippen LogP contribution in [-0.2, 0) is 9.47 Å². The lowest BCUT2D eigenvalue weighted by atomic mass is 10.1. The molecule has 0 bridgehead atoms. The molecule has 2 atom stereocenters. The molecular formula is C22H35F2IN4O3. The van der Waals surface area contributed by atoms with Gasteiger partial charge in [0.05, 0.1) is 18.9 Å². The minimum absolute atomic E-state index is 0. The van der Waals surface area contributed by atoms with Crippen LogP contribution in [0.25, 0.3) is 0 Å². The summed E-state index contributed by atoms with van der Waals surface area (Å²) in [5.74, 6) is 1.52. The number of nitrogens with zero attached hydrogens (tertiary/aromatic N) is 2. The molecule has 32 heavy (non-hydrogen) atoms. The molecule has 2 aliphatic heterocycles. The second kappa shape index (κ2) is 14.7. The first-order valence-corrected chi connectivity index (χ1v) is 11.1. The number of halogens is 3. The zero-order chi connectivity index (χ0) is 21.9. The maximum Gasteiger partial charge on any atom is 0.387 e. The molecular weight excluding hydrogens is 533 g/mol. The van der Waals surface area contributed by atoms with Gasteiger partial charge in [0.15, 0.2) is 5.96 Å². The molecule has 1 aromatic carbocycles. The predicted molar refractivity (Wildman–Crippen MR) is 133 cm³/mol. The van der Waals surface area contributed by atoms with Crippen molar-refractivity contribution in [2.24, 2.45) is 10.9 Å². The fourth-order valence-corrected chi connectivity index (χ4v) is 3.85. The molecule has 1 aromatic rings. The number of rotatable bonds is 11. The van der Waals surface area contributed by atoms with Gasteiger partial charge < -0.3 is 29.7 Å². The van der Waals surface area contributed by atoms with E-state index in [0.717, 1.165) is 58.1 Å². The van der Waals surface area contributed by atoms with Gasteiger partial charge in [0.25, 0.3) is 0 Å². The first-order valence-electron chi connectivity index (χ1n) is 11.1. The van der Waals surface area contributed by atoms with Crippen molar-refractivity contribution in [3.63, 3.8) is 0 Å². The van der Waals surface area contributed by atoms with Gasteiger partial charge >= 0.3 is 6.61 Å². The number of aliphatic imine (C=N–C) groups is 1. The first-order chi connectivity index (χ1) is 15.2. The summed E-state index contributed by atoms with van der Waals surface area (Å²) < 4.78 is 41.2. The summed E-state index contributed by atoms with van der Waals surface area (Å²) in [7, 11) is 0. The summed E-state index contributed by atoms with van der Waals surface area (Å²) in [6.45, 7) is 5.21. The van der Waals surface area contributed by atoms with Crippen molar-refractivity contribution in [3.8, 4) is 5.75 Å². The van der Waals surface area contributed by atoms with Crippen molar-refractivity contribution < 1.29 is 23.0 Å². The Kier molecular flexibility index (Phi) is 12.3. The summed E-state index contributed by atoms with van der Waals surface area (Å²) in [5.41, 5.74) is 0.693. The Morgan fingerprint density at radius 3 is 2.91 bits per heavy atom. The first kappa shape index (κ1) is 26.8. The van der Waals surface area contributed by atoms with Crippen LogP contribution in [0.1, 0.15) is 26.2 Å². The zero-order valence-corrected chi connectivity index (χ0v) is 20.9. The van der Waals surface area contributed by atoms with E-state index >= 15 is 0 Å². The van der Waals surface area contributed by atoms with E-state index in [-0.39, 0.29) is 35.8 Å². The molecule has 10 heteroatoms. The lowest BCUT2D eigenvalue weighted by molar-refractivity contribution is -0.0495. The van der Waals surface area contributed by atoms with Gasteiger partial charge in [-0.05, 0) is 38.3 Å². The minimum Gasteiger partial charge on any atom is -0.433 e. The Bertz CT molecular complexity index is 693. The van der Waals surface area contributed by atoms with Crippen molar-refractivity contribution in [1.82, 2.24) is 10.6 Å². The van der Waals surface area contributed by atoms with Crippen molar-refractivity contribution in [2.45, 2.75) is 38.8 Å². The van der Waals surface area contributed by atoms with Gasteiger partial charge in [0.2, 0.25) is 0 Å². The predicted octanol–water partition coefficient (Wildman–Crippen LogP) is 3.48. The van der Waals surface area contributed by atoms with Crippen molar-refractivity contribution in [3.05, 3.63) is 24.3 Å². The van der Waals surface area contributed by atoms with Crippen LogP contribution in [0.2, 0.25) is 0 Å². The van der Waals surface area contributed by atoms with Crippen LogP contribution >= 0.6 is 24.0 Å². The number of nitrogens with one attached hydrogen (secondary N) is 2. The van der Waals surface area contributed by atoms with E-state index in [9.17, 15) is 8.78 Å². The lowest BCUT2D eigenvalue weighted by Crippen LogP contribution is -2.44. The maximum atomic E-state index is 12.7. The molecule has 2 heterocycles. The highest BCUT2D eigenvalue weighted by Gasteiger charge is 2.26. The normalized spacial score (nSPS) is 21.0. The van der Waals surface area contributed by atoms with Gasteiger partial charge in [-0.2, -0.15) is 8.78 Å². The lowest BCUT2D eigenvalue weighted by Gasteiger charge is -2.22. The number of ether oxygens (including phenoxy) is 3. The fourth-order valence-electron chi connectivity index (χ4n) is 3.85. The molecule has 7 nitrogen and oxygen atoms in total. The average Bonchev–Trinajstić information content (AvgIpc) is 3.43. The Morgan fingerprint density at radius 2 is 2.16 bits per heavy atom. The maximum absolute atomic E-state index is 12.7. The topological polar surface area (TPSA) is 67.4 Å². The molecule has 0 amide bonds. The number of hydrogen-bond acceptors (Lipinski definition) is 5. The van der Waals surface area contributed by atoms with Crippen LogP contribution in [0.3, 0.4) is 0 Å². The van der Waals surface area contributed by atoms with E-state index in [1.807, 2.05) is 19.1 Å². The van der Waals surface area contributed by atoms with E-state index < -0.39 is 6.61 Å². The second-order valence-corrected chi connectivity index (χ2v) is 7.84. The van der Waals surface area contributed by atoms with Crippen molar-refractivity contribution in [2.75, 3.05) is 57.5 Å². The van der Waals surface area contributed by atoms with Crippen LogP contribution in [0, 0.1) is 5.92 Å². The smallest absolute Gasteiger partial charge is 0.387 e. The molecule has 0 aromatic heterocycles. The largest absolute Gasteiger partial charge is 0.433 e. The highest BCUT2D eigenvalue weighted by atomic mass is 127. The molecule has 0 radical (unpaired) electrons. The van der Waals surface area contributed by atoms with Gasteiger partial charge in [-0.15, -0.1) is 24.0 Å². The Morgan fingerprint density at radius 1 is 1.31 bits per heavy atom. The number of alkyl halides is 2. The van der Waals surface area contributed by atoms with E-state index in [1.54, 1.807) is 12.1 Å². The molecule has 2 aliphatic rings. The molecule has 2 fully saturated rings. The molecule has 182 valence electrons. The van der Waals surface area contributed by atoms with Gasteiger partial charge in [-0.25, -0.2) is 0 Å². The Labute approximate surface area is 206 Å². The zero-order valence-electron chi connectivity index (χ0n) is 18.6. The third-order valence-electron chi connectivity index (χ3n) is 5.39. The quantitative estimate of drug-likeness (QED) is 0.185. The van der Waals surface area contributed by atoms with Gasteiger partial charge in [0.1, 0.15) is 5.75 Å². The molecule has 3 rings (SSSR count). The molecule has 2 N–H and O–H groups in total. The van der Waals surface area contributed by atoms with E-state index in [0.29, 0.717) is 31.3 Å². The monoisotopic (exact) mass is 568 g/mol. The number of anilines is 1. The number of benzene rings is 1. The Balaban J connectivity index is 0.00000363. The van der Waals surface area contributed by atoms with Crippen molar-refractivity contribution in [1.29, 1.82) is 0 Å². The van der Waals surface area contributed by atoms with Gasteiger partial charge in [0, 0.05) is 51.4 Å². The average molecular weight is 568 g/mol. The SMILES string of the molecule is CCNC(=NCCCOCC1CCOC1)NC1CCN(c2ccccc2OC(F)F)C1.I. The third kappa shape index (κ3) is 8.86. The highest BCUT2D eigenvalue weighted by Crippen LogP contribution is 2.31. The third-order valence-corrected chi connectivity index (χ3v) is 5.39. The van der Waals surface area contributed by atoms with Crippen LogP contribution in [-0.4, -0.2) is 71.2 Å². The number of para-hydroxylation sites is 2. The van der Waals surface area contributed by atoms with Crippen LogP contribution in [0.15, 0.2) is 29.3 Å². The highest BCUT2D eigenvalue weighted by molar-refractivity contribution is 14.0. The summed E-state index contributed by atoms with van der Waals surface area (Å²) in [5, 5.41) is 6.74. The Hall–Kier alpha value is -1.40. The summed E-state index contributed by atoms with van der Waals surface area (Å²) >= 11 is 0.